The highest BCUT2D eigenvalue weighted by molar-refractivity contribution is 6.30. The van der Waals surface area contributed by atoms with Crippen molar-refractivity contribution in [3.63, 3.8) is 0 Å². The summed E-state index contributed by atoms with van der Waals surface area (Å²) in [5.74, 6) is 1.01. The number of halogens is 1. The second-order valence-electron chi connectivity index (χ2n) is 5.26. The van der Waals surface area contributed by atoms with Crippen molar-refractivity contribution in [2.75, 3.05) is 0 Å². The van der Waals surface area contributed by atoms with E-state index < -0.39 is 0 Å². The molecule has 0 N–H and O–H groups in total. The van der Waals surface area contributed by atoms with Crippen LogP contribution in [0.5, 0.6) is 0 Å². The monoisotopic (exact) mass is 278 g/mol. The van der Waals surface area contributed by atoms with Gasteiger partial charge in [0.05, 0.1) is 11.4 Å². The molecule has 0 unspecified atom stereocenters. The van der Waals surface area contributed by atoms with Crippen LogP contribution in [0, 0.1) is 6.92 Å². The maximum absolute atomic E-state index is 6.23. The van der Waals surface area contributed by atoms with E-state index in [4.69, 9.17) is 11.6 Å². The Bertz CT molecular complexity index is 587. The maximum atomic E-state index is 6.23. The first-order valence-electron chi connectivity index (χ1n) is 6.49. The number of nitrogens with zero attached hydrogens (tertiary/aromatic N) is 4. The van der Waals surface area contributed by atoms with Crippen molar-refractivity contribution in [2.45, 2.75) is 46.6 Å². The van der Waals surface area contributed by atoms with Crippen LogP contribution in [0.25, 0.3) is 11.4 Å². The maximum Gasteiger partial charge on any atom is 0.136 e. The van der Waals surface area contributed by atoms with Crippen LogP contribution in [-0.2, 0) is 0 Å². The summed E-state index contributed by atoms with van der Waals surface area (Å²) in [5.41, 5.74) is 2.75. The van der Waals surface area contributed by atoms with Crippen molar-refractivity contribution in [1.29, 1.82) is 0 Å². The Kier molecular flexibility index (Phi) is 3.90. The molecule has 0 saturated carbocycles. The first-order valence-corrected chi connectivity index (χ1v) is 6.87. The Morgan fingerprint density at radius 2 is 1.84 bits per heavy atom. The molecule has 0 aliphatic carbocycles. The van der Waals surface area contributed by atoms with Gasteiger partial charge in [0.2, 0.25) is 0 Å². The molecule has 2 aromatic rings. The topological polar surface area (TPSA) is 43.6 Å². The summed E-state index contributed by atoms with van der Waals surface area (Å²) in [4.78, 5) is 9.00. The molecule has 0 aliphatic rings. The van der Waals surface area contributed by atoms with E-state index in [9.17, 15) is 0 Å². The lowest BCUT2D eigenvalue weighted by molar-refractivity contribution is 0.537. The SMILES string of the molecule is Cc1c(Cl)nc(C(C)C)nc1-c1ccnn1C(C)C. The molecular formula is C14H19ClN4. The van der Waals surface area contributed by atoms with E-state index in [-0.39, 0.29) is 12.0 Å². The zero-order valence-corrected chi connectivity index (χ0v) is 12.7. The highest BCUT2D eigenvalue weighted by Crippen LogP contribution is 2.28. The van der Waals surface area contributed by atoms with Crippen molar-refractivity contribution < 1.29 is 0 Å². The van der Waals surface area contributed by atoms with E-state index in [2.05, 4.69) is 42.8 Å². The van der Waals surface area contributed by atoms with Gasteiger partial charge in [0.15, 0.2) is 0 Å². The Morgan fingerprint density at radius 1 is 1.16 bits per heavy atom. The normalized spacial score (nSPS) is 11.6. The van der Waals surface area contributed by atoms with Gasteiger partial charge in [-0.2, -0.15) is 5.10 Å². The number of hydrogen-bond acceptors (Lipinski definition) is 3. The Labute approximate surface area is 118 Å². The van der Waals surface area contributed by atoms with E-state index >= 15 is 0 Å². The molecule has 0 fully saturated rings. The molecule has 2 rings (SSSR count). The minimum Gasteiger partial charge on any atom is -0.261 e. The average molecular weight is 279 g/mol. The highest BCUT2D eigenvalue weighted by Gasteiger charge is 2.17. The molecule has 0 atom stereocenters. The average Bonchev–Trinajstić information content (AvgIpc) is 2.81. The quantitative estimate of drug-likeness (QED) is 0.797. The van der Waals surface area contributed by atoms with Crippen LogP contribution in [0.4, 0.5) is 0 Å². The predicted molar refractivity (Wildman–Crippen MR) is 77.5 cm³/mol. The fourth-order valence-corrected chi connectivity index (χ4v) is 2.10. The van der Waals surface area contributed by atoms with E-state index in [0.29, 0.717) is 5.15 Å². The zero-order chi connectivity index (χ0) is 14.2. The highest BCUT2D eigenvalue weighted by atomic mass is 35.5. The molecule has 0 radical (unpaired) electrons. The Morgan fingerprint density at radius 3 is 2.42 bits per heavy atom. The summed E-state index contributed by atoms with van der Waals surface area (Å²) in [7, 11) is 0. The summed E-state index contributed by atoms with van der Waals surface area (Å²) in [5, 5.41) is 4.87. The first-order chi connectivity index (χ1) is 8.91. The van der Waals surface area contributed by atoms with Gasteiger partial charge in [0.1, 0.15) is 11.0 Å². The van der Waals surface area contributed by atoms with Gasteiger partial charge in [-0.15, -0.1) is 0 Å². The third-order valence-corrected chi connectivity index (χ3v) is 3.39. The molecule has 0 bridgehead atoms. The molecule has 0 spiro atoms. The summed E-state index contributed by atoms with van der Waals surface area (Å²) in [6.45, 7) is 10.3. The minimum atomic E-state index is 0.243. The van der Waals surface area contributed by atoms with Crippen LogP contribution in [0.1, 0.15) is 51.0 Å². The number of hydrogen-bond donors (Lipinski definition) is 0. The van der Waals surface area contributed by atoms with E-state index in [0.717, 1.165) is 22.8 Å². The van der Waals surface area contributed by atoms with Crippen molar-refractivity contribution in [2.24, 2.45) is 0 Å². The molecule has 102 valence electrons. The summed E-state index contributed by atoms with van der Waals surface area (Å²) < 4.78 is 1.95. The van der Waals surface area contributed by atoms with Gasteiger partial charge in [-0.25, -0.2) is 9.97 Å². The third kappa shape index (κ3) is 2.63. The van der Waals surface area contributed by atoms with Gasteiger partial charge in [0, 0.05) is 23.7 Å². The van der Waals surface area contributed by atoms with Crippen LogP contribution < -0.4 is 0 Å². The largest absolute Gasteiger partial charge is 0.261 e. The van der Waals surface area contributed by atoms with E-state index in [1.807, 2.05) is 17.7 Å². The summed E-state index contributed by atoms with van der Waals surface area (Å²) in [6.07, 6.45) is 1.79. The molecule has 19 heavy (non-hydrogen) atoms. The number of aromatic nitrogens is 4. The van der Waals surface area contributed by atoms with Crippen molar-refractivity contribution >= 4 is 11.6 Å². The van der Waals surface area contributed by atoms with Crippen LogP contribution in [0.3, 0.4) is 0 Å². The lowest BCUT2D eigenvalue weighted by atomic mass is 10.1. The fraction of sp³-hybridized carbons (Fsp3) is 0.500. The van der Waals surface area contributed by atoms with Gasteiger partial charge in [0.25, 0.3) is 0 Å². The second kappa shape index (κ2) is 5.29. The molecule has 2 aromatic heterocycles. The van der Waals surface area contributed by atoms with Gasteiger partial charge in [-0.1, -0.05) is 25.4 Å². The van der Waals surface area contributed by atoms with Gasteiger partial charge in [-0.3, -0.25) is 4.68 Å². The predicted octanol–water partition coefficient (Wildman–Crippen LogP) is 4.01. The van der Waals surface area contributed by atoms with E-state index in [1.165, 1.54) is 0 Å². The molecular weight excluding hydrogens is 260 g/mol. The van der Waals surface area contributed by atoms with Gasteiger partial charge >= 0.3 is 0 Å². The lowest BCUT2D eigenvalue weighted by Crippen LogP contribution is -2.08. The van der Waals surface area contributed by atoms with Crippen LogP contribution in [0.15, 0.2) is 12.3 Å². The summed E-state index contributed by atoms with van der Waals surface area (Å²) in [6, 6.07) is 2.25. The standard InChI is InChI=1S/C14H19ClN4/c1-8(2)14-17-12(10(5)13(15)18-14)11-6-7-16-19(11)9(3)4/h6-9H,1-5H3. The Balaban J connectivity index is 2.64. The summed E-state index contributed by atoms with van der Waals surface area (Å²) >= 11 is 6.23. The third-order valence-electron chi connectivity index (χ3n) is 3.02. The first kappa shape index (κ1) is 14.0. The Hall–Kier alpha value is -1.42. The molecule has 5 heteroatoms. The molecule has 0 aromatic carbocycles. The fourth-order valence-electron chi connectivity index (χ4n) is 1.93. The lowest BCUT2D eigenvalue weighted by Gasteiger charge is -2.14. The van der Waals surface area contributed by atoms with Gasteiger partial charge < -0.3 is 0 Å². The van der Waals surface area contributed by atoms with Crippen LogP contribution in [-0.4, -0.2) is 19.7 Å². The number of rotatable bonds is 3. The van der Waals surface area contributed by atoms with Crippen LogP contribution >= 0.6 is 11.6 Å². The van der Waals surface area contributed by atoms with Crippen molar-refractivity contribution in [3.8, 4) is 11.4 Å². The van der Waals surface area contributed by atoms with Crippen molar-refractivity contribution in [1.82, 2.24) is 19.7 Å². The minimum absolute atomic E-state index is 0.243. The van der Waals surface area contributed by atoms with Crippen molar-refractivity contribution in [3.05, 3.63) is 28.8 Å². The van der Waals surface area contributed by atoms with Crippen LogP contribution in [0.2, 0.25) is 5.15 Å². The smallest absolute Gasteiger partial charge is 0.136 e. The molecule has 4 nitrogen and oxygen atoms in total. The molecule has 0 amide bonds. The molecule has 2 heterocycles. The zero-order valence-electron chi connectivity index (χ0n) is 12.0. The van der Waals surface area contributed by atoms with E-state index in [1.54, 1.807) is 6.20 Å². The van der Waals surface area contributed by atoms with Gasteiger partial charge in [-0.05, 0) is 26.8 Å². The molecule has 0 saturated heterocycles. The molecule has 0 aliphatic heterocycles. The second-order valence-corrected chi connectivity index (χ2v) is 5.61.